The second kappa shape index (κ2) is 3.55. The van der Waals surface area contributed by atoms with Crippen molar-refractivity contribution < 1.29 is 13.2 Å². The predicted octanol–water partition coefficient (Wildman–Crippen LogP) is 2.47. The van der Waals surface area contributed by atoms with E-state index in [4.69, 9.17) is 5.73 Å². The first-order valence-electron chi connectivity index (χ1n) is 4.44. The molecule has 0 radical (unpaired) electrons. The fraction of sp³-hybridized carbons (Fsp3) is 0.100. The van der Waals surface area contributed by atoms with Crippen LogP contribution in [0.3, 0.4) is 0 Å². The summed E-state index contributed by atoms with van der Waals surface area (Å²) in [6.07, 6.45) is -1.61. The van der Waals surface area contributed by atoms with Crippen LogP contribution < -0.4 is 5.73 Å². The molecule has 0 aliphatic heterocycles. The summed E-state index contributed by atoms with van der Waals surface area (Å²) in [7, 11) is 0. The zero-order chi connectivity index (χ0) is 11.8. The molecule has 1 aromatic carbocycles. The molecule has 0 aliphatic rings. The molecule has 0 bridgehead atoms. The summed E-state index contributed by atoms with van der Waals surface area (Å²) in [5.41, 5.74) is 5.18. The van der Waals surface area contributed by atoms with E-state index in [9.17, 15) is 13.2 Å². The van der Waals surface area contributed by atoms with Crippen LogP contribution in [0.4, 0.5) is 19.0 Å². The molecular formula is C10H8F3N3. The van der Waals surface area contributed by atoms with E-state index in [0.29, 0.717) is 11.5 Å². The van der Waals surface area contributed by atoms with E-state index in [1.165, 1.54) is 29.2 Å². The zero-order valence-electron chi connectivity index (χ0n) is 8.07. The first-order valence-corrected chi connectivity index (χ1v) is 4.44. The number of hydrogen-bond donors (Lipinski definition) is 1. The minimum absolute atomic E-state index is 0.291. The van der Waals surface area contributed by atoms with E-state index >= 15 is 0 Å². The summed E-state index contributed by atoms with van der Waals surface area (Å²) in [5, 5.41) is 0. The maximum absolute atomic E-state index is 12.5. The summed E-state index contributed by atoms with van der Waals surface area (Å²) < 4.78 is 38.7. The van der Waals surface area contributed by atoms with E-state index in [1.807, 2.05) is 0 Å². The summed E-state index contributed by atoms with van der Waals surface area (Å²) in [4.78, 5) is 3.75. The van der Waals surface area contributed by atoms with Crippen molar-refractivity contribution in [1.82, 2.24) is 9.55 Å². The summed E-state index contributed by atoms with van der Waals surface area (Å²) in [6.45, 7) is 0. The van der Waals surface area contributed by atoms with Crippen molar-refractivity contribution in [2.45, 2.75) is 6.18 Å². The maximum Gasteiger partial charge on any atom is 0.416 e. The van der Waals surface area contributed by atoms with E-state index in [2.05, 4.69) is 4.98 Å². The lowest BCUT2D eigenvalue weighted by molar-refractivity contribution is -0.137. The second-order valence-electron chi connectivity index (χ2n) is 3.24. The Morgan fingerprint density at radius 1 is 1.25 bits per heavy atom. The molecule has 84 valence electrons. The lowest BCUT2D eigenvalue weighted by atomic mass is 10.2. The van der Waals surface area contributed by atoms with Gasteiger partial charge in [0.15, 0.2) is 0 Å². The molecule has 0 fully saturated rings. The minimum Gasteiger partial charge on any atom is -0.383 e. The van der Waals surface area contributed by atoms with Gasteiger partial charge in [0.05, 0.1) is 11.8 Å². The molecule has 2 N–H and O–H groups in total. The average Bonchev–Trinajstić information content (AvgIpc) is 2.63. The molecule has 1 aromatic heterocycles. The second-order valence-corrected chi connectivity index (χ2v) is 3.24. The number of rotatable bonds is 1. The van der Waals surface area contributed by atoms with Crippen molar-refractivity contribution in [2.24, 2.45) is 0 Å². The molecule has 0 saturated carbocycles. The number of imidazole rings is 1. The average molecular weight is 227 g/mol. The SMILES string of the molecule is Nc1cncn1-c1cccc(C(F)(F)F)c1. The first kappa shape index (κ1) is 10.5. The topological polar surface area (TPSA) is 43.8 Å². The van der Waals surface area contributed by atoms with Gasteiger partial charge in [0.25, 0.3) is 0 Å². The Bertz CT molecular complexity index is 502. The Kier molecular flexibility index (Phi) is 2.34. The van der Waals surface area contributed by atoms with Gasteiger partial charge >= 0.3 is 6.18 Å². The third kappa shape index (κ3) is 1.86. The lowest BCUT2D eigenvalue weighted by Crippen LogP contribution is -2.06. The zero-order valence-corrected chi connectivity index (χ0v) is 8.07. The first-order chi connectivity index (χ1) is 7.48. The van der Waals surface area contributed by atoms with Crippen LogP contribution >= 0.6 is 0 Å². The molecule has 0 spiro atoms. The monoisotopic (exact) mass is 227 g/mol. The van der Waals surface area contributed by atoms with Crippen LogP contribution in [0.25, 0.3) is 5.69 Å². The van der Waals surface area contributed by atoms with Crippen molar-refractivity contribution in [3.63, 3.8) is 0 Å². The van der Waals surface area contributed by atoms with Crippen LogP contribution in [0.5, 0.6) is 0 Å². The van der Waals surface area contributed by atoms with Crippen LogP contribution in [0.15, 0.2) is 36.8 Å². The number of benzene rings is 1. The molecule has 0 atom stereocenters. The fourth-order valence-corrected chi connectivity index (χ4v) is 1.35. The molecule has 6 heteroatoms. The number of aromatic nitrogens is 2. The summed E-state index contributed by atoms with van der Waals surface area (Å²) >= 11 is 0. The van der Waals surface area contributed by atoms with Crippen LogP contribution in [0.2, 0.25) is 0 Å². The van der Waals surface area contributed by atoms with Gasteiger partial charge in [-0.2, -0.15) is 13.2 Å². The van der Waals surface area contributed by atoms with Gasteiger partial charge in [-0.25, -0.2) is 4.98 Å². The number of nitrogens with zero attached hydrogens (tertiary/aromatic N) is 2. The van der Waals surface area contributed by atoms with E-state index in [0.717, 1.165) is 12.1 Å². The highest BCUT2D eigenvalue weighted by Crippen LogP contribution is 2.30. The Hall–Kier alpha value is -1.98. The minimum atomic E-state index is -4.36. The van der Waals surface area contributed by atoms with Crippen molar-refractivity contribution in [2.75, 3.05) is 5.73 Å². The molecule has 0 saturated heterocycles. The lowest BCUT2D eigenvalue weighted by Gasteiger charge is -2.09. The van der Waals surface area contributed by atoms with Gasteiger partial charge < -0.3 is 5.73 Å². The van der Waals surface area contributed by atoms with Gasteiger partial charge in [-0.3, -0.25) is 4.57 Å². The van der Waals surface area contributed by atoms with Crippen LogP contribution in [-0.2, 0) is 6.18 Å². The molecule has 2 rings (SSSR count). The van der Waals surface area contributed by atoms with E-state index < -0.39 is 11.7 Å². The number of nitrogens with two attached hydrogens (primary N) is 1. The third-order valence-corrected chi connectivity index (χ3v) is 2.12. The van der Waals surface area contributed by atoms with Gasteiger partial charge in [0.2, 0.25) is 0 Å². The molecular weight excluding hydrogens is 219 g/mol. The van der Waals surface area contributed by atoms with Crippen molar-refractivity contribution >= 4 is 5.82 Å². The molecule has 3 nitrogen and oxygen atoms in total. The van der Waals surface area contributed by atoms with Crippen LogP contribution in [0, 0.1) is 0 Å². The van der Waals surface area contributed by atoms with Gasteiger partial charge in [-0.05, 0) is 18.2 Å². The number of anilines is 1. The molecule has 2 aromatic rings. The Morgan fingerprint density at radius 3 is 2.56 bits per heavy atom. The predicted molar refractivity (Wildman–Crippen MR) is 53.0 cm³/mol. The molecule has 16 heavy (non-hydrogen) atoms. The van der Waals surface area contributed by atoms with Crippen molar-refractivity contribution in [1.29, 1.82) is 0 Å². The third-order valence-electron chi connectivity index (χ3n) is 2.12. The van der Waals surface area contributed by atoms with E-state index in [1.54, 1.807) is 0 Å². The van der Waals surface area contributed by atoms with Gasteiger partial charge in [-0.1, -0.05) is 6.07 Å². The molecule has 0 amide bonds. The Balaban J connectivity index is 2.49. The van der Waals surface area contributed by atoms with Gasteiger partial charge in [0, 0.05) is 5.69 Å². The highest BCUT2D eigenvalue weighted by Gasteiger charge is 2.30. The number of nitrogen functional groups attached to an aromatic ring is 1. The number of hydrogen-bond acceptors (Lipinski definition) is 2. The van der Waals surface area contributed by atoms with Crippen LogP contribution in [0.1, 0.15) is 5.56 Å². The smallest absolute Gasteiger partial charge is 0.383 e. The normalized spacial score (nSPS) is 11.7. The van der Waals surface area contributed by atoms with Crippen molar-refractivity contribution in [3.05, 3.63) is 42.4 Å². The number of alkyl halides is 3. The summed E-state index contributed by atoms with van der Waals surface area (Å²) in [5.74, 6) is 0.291. The molecule has 1 heterocycles. The summed E-state index contributed by atoms with van der Waals surface area (Å²) in [6, 6.07) is 4.90. The Morgan fingerprint density at radius 2 is 2.00 bits per heavy atom. The quantitative estimate of drug-likeness (QED) is 0.813. The highest BCUT2D eigenvalue weighted by atomic mass is 19.4. The highest BCUT2D eigenvalue weighted by molar-refractivity contribution is 5.43. The van der Waals surface area contributed by atoms with Crippen molar-refractivity contribution in [3.8, 4) is 5.69 Å². The molecule has 0 unspecified atom stereocenters. The standard InChI is InChI=1S/C10H8F3N3/c11-10(12,13)7-2-1-3-8(4-7)16-6-15-5-9(16)14/h1-6H,14H2. The largest absolute Gasteiger partial charge is 0.416 e. The molecule has 0 aliphatic carbocycles. The van der Waals surface area contributed by atoms with Gasteiger partial charge in [0.1, 0.15) is 12.1 Å². The Labute approximate surface area is 89.3 Å². The maximum atomic E-state index is 12.5. The van der Waals surface area contributed by atoms with Gasteiger partial charge in [-0.15, -0.1) is 0 Å². The fourth-order valence-electron chi connectivity index (χ4n) is 1.35. The van der Waals surface area contributed by atoms with Crippen LogP contribution in [-0.4, -0.2) is 9.55 Å². The number of halogens is 3. The van der Waals surface area contributed by atoms with E-state index in [-0.39, 0.29) is 0 Å².